The third kappa shape index (κ3) is 8.23. The molecule has 1 amide bonds. The highest BCUT2D eigenvalue weighted by Gasteiger charge is 2.49. The summed E-state index contributed by atoms with van der Waals surface area (Å²) < 4.78 is 24.6. The van der Waals surface area contributed by atoms with Gasteiger partial charge in [0.15, 0.2) is 0 Å². The first-order valence-electron chi connectivity index (χ1n) is 13.3. The van der Waals surface area contributed by atoms with Gasteiger partial charge in [-0.15, -0.1) is 0 Å². The fourth-order valence-corrected chi connectivity index (χ4v) is 4.25. The van der Waals surface area contributed by atoms with Crippen LogP contribution in [0.1, 0.15) is 37.5 Å². The Morgan fingerprint density at radius 3 is 1.67 bits per heavy atom. The molecule has 1 fully saturated rings. The third-order valence-corrected chi connectivity index (χ3v) is 6.43. The van der Waals surface area contributed by atoms with Crippen LogP contribution in [0.3, 0.4) is 0 Å². The van der Waals surface area contributed by atoms with E-state index in [1.54, 1.807) is 20.8 Å². The van der Waals surface area contributed by atoms with Gasteiger partial charge >= 0.3 is 5.97 Å². The Morgan fingerprint density at radius 2 is 1.18 bits per heavy atom. The Labute approximate surface area is 230 Å². The van der Waals surface area contributed by atoms with E-state index < -0.39 is 41.6 Å². The van der Waals surface area contributed by atoms with Crippen molar-refractivity contribution < 1.29 is 28.5 Å². The zero-order valence-corrected chi connectivity index (χ0v) is 22.7. The average molecular weight is 532 g/mol. The molecule has 0 unspecified atom stereocenters. The van der Waals surface area contributed by atoms with Gasteiger partial charge in [-0.1, -0.05) is 91.0 Å². The molecule has 1 heterocycles. The Bertz CT molecular complexity index is 1180. The van der Waals surface area contributed by atoms with E-state index in [-0.39, 0.29) is 13.2 Å². The van der Waals surface area contributed by atoms with E-state index in [0.29, 0.717) is 13.2 Å². The number of amides is 1. The number of piperidine rings is 1. The lowest BCUT2D eigenvalue weighted by molar-refractivity contribution is -0.199. The highest BCUT2D eigenvalue weighted by atomic mass is 16.6. The van der Waals surface area contributed by atoms with Crippen LogP contribution in [-0.4, -0.2) is 42.8 Å². The molecule has 1 N–H and O–H groups in total. The summed E-state index contributed by atoms with van der Waals surface area (Å²) in [5.41, 5.74) is 2.14. The van der Waals surface area contributed by atoms with Crippen molar-refractivity contribution in [3.8, 4) is 0 Å². The number of carbonyl (C=O) groups is 2. The predicted octanol–water partition coefficient (Wildman–Crippen LogP) is 4.83. The first kappa shape index (κ1) is 28.5. The topological polar surface area (TPSA) is 83.1 Å². The van der Waals surface area contributed by atoms with Crippen LogP contribution in [0, 0.1) is 5.41 Å². The van der Waals surface area contributed by atoms with Gasteiger partial charge in [0.1, 0.15) is 12.2 Å². The maximum atomic E-state index is 13.4. The normalized spacial score (nSPS) is 21.3. The molecule has 0 radical (unpaired) electrons. The maximum Gasteiger partial charge on any atom is 0.312 e. The standard InChI is InChI=1S/C32H37NO6/c1-32(2,3)31(35)39-29-28(38-21-25-17-11-6-12-18-25)27(37-20-24-15-9-5-10-16-24)26(33-30(29)34)22-36-19-23-13-7-4-8-14-23/h4-18,26-29H,19-22H2,1-3H3,(H,33,34)/t26-,27-,28+,29-/m1/s1. The number of carbonyl (C=O) groups excluding carboxylic acids is 2. The van der Waals surface area contributed by atoms with Gasteiger partial charge in [-0.05, 0) is 37.5 Å². The van der Waals surface area contributed by atoms with Crippen molar-refractivity contribution in [2.75, 3.05) is 6.61 Å². The van der Waals surface area contributed by atoms with E-state index in [1.807, 2.05) is 91.0 Å². The molecule has 39 heavy (non-hydrogen) atoms. The van der Waals surface area contributed by atoms with Crippen LogP contribution >= 0.6 is 0 Å². The minimum atomic E-state index is -1.17. The van der Waals surface area contributed by atoms with Crippen molar-refractivity contribution in [2.24, 2.45) is 5.41 Å². The SMILES string of the molecule is CC(C)(C)C(=O)O[C@H]1C(=O)N[C@H](COCc2ccccc2)[C@@H](OCc2ccccc2)[C@@H]1OCc1ccccc1. The molecule has 0 aromatic heterocycles. The molecule has 1 saturated heterocycles. The zero-order valence-electron chi connectivity index (χ0n) is 22.7. The Hall–Kier alpha value is -3.52. The number of esters is 1. The van der Waals surface area contributed by atoms with Crippen LogP contribution in [0.25, 0.3) is 0 Å². The average Bonchev–Trinajstić information content (AvgIpc) is 2.94. The van der Waals surface area contributed by atoms with Crippen LogP contribution in [0.15, 0.2) is 91.0 Å². The number of hydrogen-bond donors (Lipinski definition) is 1. The van der Waals surface area contributed by atoms with Crippen LogP contribution in [0.4, 0.5) is 0 Å². The van der Waals surface area contributed by atoms with Crippen LogP contribution in [0.2, 0.25) is 0 Å². The molecule has 4 rings (SSSR count). The minimum Gasteiger partial charge on any atom is -0.449 e. The fraction of sp³-hybridized carbons (Fsp3) is 0.375. The summed E-state index contributed by atoms with van der Waals surface area (Å²) in [5, 5.41) is 2.98. The molecule has 4 atom stereocenters. The molecule has 1 aliphatic heterocycles. The summed E-state index contributed by atoms with van der Waals surface area (Å²) in [5.74, 6) is -0.921. The van der Waals surface area contributed by atoms with Crippen molar-refractivity contribution in [3.63, 3.8) is 0 Å². The molecule has 0 aliphatic carbocycles. The summed E-state index contributed by atoms with van der Waals surface area (Å²) in [7, 11) is 0. The lowest BCUT2D eigenvalue weighted by Crippen LogP contribution is -2.66. The zero-order chi connectivity index (χ0) is 27.7. The molecule has 0 saturated carbocycles. The van der Waals surface area contributed by atoms with Gasteiger partial charge in [0.05, 0.1) is 37.9 Å². The van der Waals surface area contributed by atoms with E-state index in [0.717, 1.165) is 16.7 Å². The van der Waals surface area contributed by atoms with Gasteiger partial charge in [0.25, 0.3) is 5.91 Å². The second-order valence-corrected chi connectivity index (χ2v) is 10.7. The number of benzene rings is 3. The molecule has 1 aliphatic rings. The summed E-state index contributed by atoms with van der Waals surface area (Å²) in [6.45, 7) is 6.35. The maximum absolute atomic E-state index is 13.4. The monoisotopic (exact) mass is 531 g/mol. The smallest absolute Gasteiger partial charge is 0.312 e. The van der Waals surface area contributed by atoms with Crippen LogP contribution in [0.5, 0.6) is 0 Å². The first-order chi connectivity index (χ1) is 18.8. The van der Waals surface area contributed by atoms with E-state index in [2.05, 4.69) is 5.32 Å². The van der Waals surface area contributed by atoms with Gasteiger partial charge < -0.3 is 24.3 Å². The molecular weight excluding hydrogens is 494 g/mol. The number of ether oxygens (including phenoxy) is 4. The first-order valence-corrected chi connectivity index (χ1v) is 13.3. The van der Waals surface area contributed by atoms with Crippen molar-refractivity contribution in [3.05, 3.63) is 108 Å². The molecular formula is C32H37NO6. The second kappa shape index (κ2) is 13.5. The van der Waals surface area contributed by atoms with Crippen molar-refractivity contribution >= 4 is 11.9 Å². The minimum absolute atomic E-state index is 0.200. The molecule has 0 bridgehead atoms. The summed E-state index contributed by atoms with van der Waals surface area (Å²) >= 11 is 0. The molecule has 7 heteroatoms. The van der Waals surface area contributed by atoms with Gasteiger partial charge in [-0.3, -0.25) is 9.59 Å². The largest absolute Gasteiger partial charge is 0.449 e. The lowest BCUT2D eigenvalue weighted by Gasteiger charge is -2.42. The molecule has 0 spiro atoms. The Morgan fingerprint density at radius 1 is 0.718 bits per heavy atom. The van der Waals surface area contributed by atoms with E-state index >= 15 is 0 Å². The van der Waals surface area contributed by atoms with E-state index in [9.17, 15) is 9.59 Å². The number of hydrogen-bond acceptors (Lipinski definition) is 6. The quantitative estimate of drug-likeness (QED) is 0.357. The highest BCUT2D eigenvalue weighted by Crippen LogP contribution is 2.27. The fourth-order valence-electron chi connectivity index (χ4n) is 4.25. The van der Waals surface area contributed by atoms with Gasteiger partial charge in [-0.2, -0.15) is 0 Å². The summed E-state index contributed by atoms with van der Waals surface area (Å²) in [6.07, 6.45) is -2.66. The molecule has 3 aromatic rings. The van der Waals surface area contributed by atoms with Gasteiger partial charge in [-0.25, -0.2) is 0 Å². The molecule has 7 nitrogen and oxygen atoms in total. The van der Waals surface area contributed by atoms with Crippen molar-refractivity contribution in [1.82, 2.24) is 5.32 Å². The van der Waals surface area contributed by atoms with Crippen molar-refractivity contribution in [1.29, 1.82) is 0 Å². The molecule has 3 aromatic carbocycles. The van der Waals surface area contributed by atoms with E-state index in [1.165, 1.54) is 0 Å². The third-order valence-electron chi connectivity index (χ3n) is 6.43. The Balaban J connectivity index is 1.58. The molecule has 206 valence electrons. The van der Waals surface area contributed by atoms with Crippen molar-refractivity contribution in [2.45, 2.75) is 64.9 Å². The Kier molecular flexibility index (Phi) is 9.87. The predicted molar refractivity (Wildman–Crippen MR) is 147 cm³/mol. The van der Waals surface area contributed by atoms with Crippen LogP contribution in [-0.2, 0) is 48.4 Å². The summed E-state index contributed by atoms with van der Waals surface area (Å²) in [4.78, 5) is 26.2. The van der Waals surface area contributed by atoms with Crippen LogP contribution < -0.4 is 5.32 Å². The lowest BCUT2D eigenvalue weighted by atomic mass is 9.93. The highest BCUT2D eigenvalue weighted by molar-refractivity contribution is 5.86. The number of nitrogens with one attached hydrogen (secondary N) is 1. The second-order valence-electron chi connectivity index (χ2n) is 10.7. The van der Waals surface area contributed by atoms with E-state index in [4.69, 9.17) is 18.9 Å². The number of rotatable bonds is 11. The van der Waals surface area contributed by atoms with Gasteiger partial charge in [0, 0.05) is 0 Å². The van der Waals surface area contributed by atoms with Gasteiger partial charge in [0.2, 0.25) is 6.10 Å². The summed E-state index contributed by atoms with van der Waals surface area (Å²) in [6, 6.07) is 28.7.